The molecule has 6 heteroatoms. The molecule has 19 heavy (non-hydrogen) atoms. The summed E-state index contributed by atoms with van der Waals surface area (Å²) >= 11 is 0. The van der Waals surface area contributed by atoms with Gasteiger partial charge in [-0.1, -0.05) is 12.8 Å². The van der Waals surface area contributed by atoms with E-state index in [0.717, 1.165) is 12.8 Å². The van der Waals surface area contributed by atoms with E-state index >= 15 is 0 Å². The lowest BCUT2D eigenvalue weighted by Crippen LogP contribution is -2.48. The van der Waals surface area contributed by atoms with Crippen molar-refractivity contribution in [3.05, 3.63) is 24.0 Å². The number of anilines is 1. The molecule has 0 unspecified atom stereocenters. The van der Waals surface area contributed by atoms with Gasteiger partial charge in [0.2, 0.25) is 5.91 Å². The number of benzene rings is 1. The van der Waals surface area contributed by atoms with Crippen LogP contribution in [0.1, 0.15) is 25.7 Å². The Kier molecular flexibility index (Phi) is 5.14. The van der Waals surface area contributed by atoms with Gasteiger partial charge in [-0.05, 0) is 25.0 Å². The molecule has 3 N–H and O–H groups in total. The number of hydrogen-bond donors (Lipinski definition) is 2. The van der Waals surface area contributed by atoms with Crippen molar-refractivity contribution in [1.29, 1.82) is 0 Å². The SMILES string of the molecule is COc1ccc(NC(=O)C2(N)CCCC2)cc1F.Cl. The standard InChI is InChI=1S/C13H17FN2O2.ClH/c1-18-11-5-4-9(8-10(11)14)16-12(17)13(15)6-2-3-7-13;/h4-5,8H,2-3,6-7,15H2,1H3,(H,16,17);1H. The van der Waals surface area contributed by atoms with Crippen molar-refractivity contribution < 1.29 is 13.9 Å². The first-order valence-electron chi connectivity index (χ1n) is 5.99. The van der Waals surface area contributed by atoms with Crippen molar-refractivity contribution in [2.75, 3.05) is 12.4 Å². The summed E-state index contributed by atoms with van der Waals surface area (Å²) < 4.78 is 18.3. The van der Waals surface area contributed by atoms with E-state index in [2.05, 4.69) is 5.32 Å². The van der Waals surface area contributed by atoms with Gasteiger partial charge in [0.25, 0.3) is 0 Å². The van der Waals surface area contributed by atoms with E-state index in [0.29, 0.717) is 18.5 Å². The van der Waals surface area contributed by atoms with Gasteiger partial charge >= 0.3 is 0 Å². The minimum Gasteiger partial charge on any atom is -0.494 e. The summed E-state index contributed by atoms with van der Waals surface area (Å²) in [5.41, 5.74) is 5.60. The predicted molar refractivity (Wildman–Crippen MR) is 74.2 cm³/mol. The summed E-state index contributed by atoms with van der Waals surface area (Å²) in [6.45, 7) is 0. The molecule has 1 saturated carbocycles. The van der Waals surface area contributed by atoms with Crippen molar-refractivity contribution >= 4 is 24.0 Å². The van der Waals surface area contributed by atoms with Crippen LogP contribution in [0.2, 0.25) is 0 Å². The first-order valence-corrected chi connectivity index (χ1v) is 5.99. The number of methoxy groups -OCH3 is 1. The summed E-state index contributed by atoms with van der Waals surface area (Å²) in [6, 6.07) is 4.30. The van der Waals surface area contributed by atoms with Gasteiger partial charge in [-0.15, -0.1) is 12.4 Å². The number of carbonyl (C=O) groups is 1. The van der Waals surface area contributed by atoms with E-state index in [1.54, 1.807) is 6.07 Å². The minimum atomic E-state index is -0.809. The lowest BCUT2D eigenvalue weighted by atomic mass is 9.98. The first-order chi connectivity index (χ1) is 8.55. The smallest absolute Gasteiger partial charge is 0.244 e. The number of halogens is 2. The highest BCUT2D eigenvalue weighted by molar-refractivity contribution is 5.98. The molecular weight excluding hydrogens is 271 g/mol. The fourth-order valence-corrected chi connectivity index (χ4v) is 2.23. The van der Waals surface area contributed by atoms with Crippen LogP contribution in [0.5, 0.6) is 5.75 Å². The van der Waals surface area contributed by atoms with E-state index in [9.17, 15) is 9.18 Å². The molecule has 1 amide bonds. The number of amides is 1. The van der Waals surface area contributed by atoms with E-state index < -0.39 is 11.4 Å². The summed E-state index contributed by atoms with van der Waals surface area (Å²) in [5.74, 6) is -0.603. The van der Waals surface area contributed by atoms with Crippen molar-refractivity contribution in [3.8, 4) is 5.75 Å². The molecule has 1 aromatic carbocycles. The molecule has 0 spiro atoms. The van der Waals surface area contributed by atoms with Gasteiger partial charge < -0.3 is 15.8 Å². The van der Waals surface area contributed by atoms with E-state index in [-0.39, 0.29) is 24.1 Å². The van der Waals surface area contributed by atoms with Gasteiger partial charge in [-0.3, -0.25) is 4.79 Å². The van der Waals surface area contributed by atoms with Crippen LogP contribution in [-0.4, -0.2) is 18.6 Å². The number of nitrogens with one attached hydrogen (secondary N) is 1. The van der Waals surface area contributed by atoms with Gasteiger partial charge in [0.1, 0.15) is 0 Å². The molecule has 1 aromatic rings. The monoisotopic (exact) mass is 288 g/mol. The second-order valence-electron chi connectivity index (χ2n) is 4.67. The second-order valence-corrected chi connectivity index (χ2v) is 4.67. The van der Waals surface area contributed by atoms with Gasteiger partial charge in [-0.2, -0.15) is 0 Å². The molecule has 0 radical (unpaired) electrons. The molecule has 0 saturated heterocycles. The fourth-order valence-electron chi connectivity index (χ4n) is 2.23. The van der Waals surface area contributed by atoms with Crippen LogP contribution in [0.4, 0.5) is 10.1 Å². The van der Waals surface area contributed by atoms with E-state index in [4.69, 9.17) is 10.5 Å². The summed E-state index contributed by atoms with van der Waals surface area (Å²) in [7, 11) is 1.39. The molecule has 1 aliphatic rings. The molecule has 0 heterocycles. The molecule has 0 aromatic heterocycles. The van der Waals surface area contributed by atoms with Crippen molar-refractivity contribution in [3.63, 3.8) is 0 Å². The Morgan fingerprint density at radius 2 is 2.05 bits per heavy atom. The number of rotatable bonds is 3. The van der Waals surface area contributed by atoms with Crippen molar-refractivity contribution in [1.82, 2.24) is 0 Å². The molecule has 1 aliphatic carbocycles. The average molecular weight is 289 g/mol. The Balaban J connectivity index is 0.00000180. The normalized spacial score (nSPS) is 16.6. The maximum Gasteiger partial charge on any atom is 0.244 e. The molecule has 1 fully saturated rings. The molecule has 2 rings (SSSR count). The highest BCUT2D eigenvalue weighted by Gasteiger charge is 2.36. The Hall–Kier alpha value is -1.33. The largest absolute Gasteiger partial charge is 0.494 e. The topological polar surface area (TPSA) is 64.3 Å². The summed E-state index contributed by atoms with van der Waals surface area (Å²) in [6.07, 6.45) is 3.27. The van der Waals surface area contributed by atoms with E-state index in [1.807, 2.05) is 0 Å². The number of carbonyl (C=O) groups excluding carboxylic acids is 1. The maximum atomic E-state index is 13.5. The number of ether oxygens (including phenoxy) is 1. The predicted octanol–water partition coefficient (Wildman–Crippen LogP) is 2.47. The van der Waals surface area contributed by atoms with Crippen molar-refractivity contribution in [2.24, 2.45) is 5.73 Å². The number of hydrogen-bond acceptors (Lipinski definition) is 3. The molecule has 106 valence electrons. The minimum absolute atomic E-state index is 0. The zero-order valence-electron chi connectivity index (χ0n) is 10.7. The molecule has 0 aliphatic heterocycles. The Morgan fingerprint density at radius 1 is 1.42 bits per heavy atom. The van der Waals surface area contributed by atoms with Crippen LogP contribution in [0, 0.1) is 5.82 Å². The van der Waals surface area contributed by atoms with Gasteiger partial charge in [-0.25, -0.2) is 4.39 Å². The van der Waals surface area contributed by atoms with E-state index in [1.165, 1.54) is 19.2 Å². The first kappa shape index (κ1) is 15.7. The molecule has 0 atom stereocenters. The van der Waals surface area contributed by atoms with Crippen LogP contribution in [0.3, 0.4) is 0 Å². The van der Waals surface area contributed by atoms with Gasteiger partial charge in [0.05, 0.1) is 12.6 Å². The van der Waals surface area contributed by atoms with Crippen LogP contribution in [-0.2, 0) is 4.79 Å². The third kappa shape index (κ3) is 3.36. The summed E-state index contributed by atoms with van der Waals surface area (Å²) in [5, 5.41) is 2.66. The molecule has 4 nitrogen and oxygen atoms in total. The Labute approximate surface area is 117 Å². The van der Waals surface area contributed by atoms with Gasteiger partial charge in [0.15, 0.2) is 11.6 Å². The summed E-state index contributed by atoms with van der Waals surface area (Å²) in [4.78, 5) is 12.0. The van der Waals surface area contributed by atoms with Gasteiger partial charge in [0, 0.05) is 11.8 Å². The lowest BCUT2D eigenvalue weighted by Gasteiger charge is -2.22. The average Bonchev–Trinajstić information content (AvgIpc) is 2.78. The van der Waals surface area contributed by atoms with Crippen LogP contribution < -0.4 is 15.8 Å². The quantitative estimate of drug-likeness (QED) is 0.898. The highest BCUT2D eigenvalue weighted by atomic mass is 35.5. The fraction of sp³-hybridized carbons (Fsp3) is 0.462. The molecular formula is C13H18ClFN2O2. The van der Waals surface area contributed by atoms with Crippen LogP contribution in [0.25, 0.3) is 0 Å². The molecule has 0 bridgehead atoms. The lowest BCUT2D eigenvalue weighted by molar-refractivity contribution is -0.121. The zero-order valence-corrected chi connectivity index (χ0v) is 11.6. The Bertz CT molecular complexity index is 462. The Morgan fingerprint density at radius 3 is 2.58 bits per heavy atom. The van der Waals surface area contributed by atoms with Crippen LogP contribution in [0.15, 0.2) is 18.2 Å². The highest BCUT2D eigenvalue weighted by Crippen LogP contribution is 2.29. The maximum absolute atomic E-state index is 13.5. The third-order valence-electron chi connectivity index (χ3n) is 3.36. The zero-order chi connectivity index (χ0) is 13.2. The third-order valence-corrected chi connectivity index (χ3v) is 3.36. The second kappa shape index (κ2) is 6.21. The van der Waals surface area contributed by atoms with Crippen LogP contribution >= 0.6 is 12.4 Å². The van der Waals surface area contributed by atoms with Crippen molar-refractivity contribution in [2.45, 2.75) is 31.2 Å². The number of nitrogens with two attached hydrogens (primary N) is 1.